The summed E-state index contributed by atoms with van der Waals surface area (Å²) in [5.74, 6) is -0.559. The Morgan fingerprint density at radius 3 is 2.00 bits per heavy atom. The van der Waals surface area contributed by atoms with Gasteiger partial charge < -0.3 is 0 Å². The van der Waals surface area contributed by atoms with E-state index in [1.54, 1.807) is 0 Å². The van der Waals surface area contributed by atoms with Crippen molar-refractivity contribution in [1.82, 2.24) is 0 Å². The van der Waals surface area contributed by atoms with Gasteiger partial charge in [-0.1, -0.05) is 0 Å². The zero-order chi connectivity index (χ0) is 5.86. The molecule has 0 amide bonds. The number of hydrogen-bond donors (Lipinski definition) is 1. The first-order valence-corrected chi connectivity index (χ1v) is 3.17. The lowest BCUT2D eigenvalue weighted by Gasteiger charge is -1.71. The van der Waals surface area contributed by atoms with Crippen LogP contribution in [0, 0.1) is 0 Å². The van der Waals surface area contributed by atoms with E-state index in [9.17, 15) is 13.2 Å². The summed E-state index contributed by atoms with van der Waals surface area (Å²) in [5, 5.41) is -0.837. The standard InChI is InChI=1S/C2H3ClO3S/c3-2(4)1-7(5)6/h7H,1H2. The molecular weight excluding hydrogens is 140 g/mol. The lowest BCUT2D eigenvalue weighted by molar-refractivity contribution is -0.109. The van der Waals surface area contributed by atoms with E-state index in [0.717, 1.165) is 0 Å². The van der Waals surface area contributed by atoms with E-state index in [0.29, 0.717) is 0 Å². The molecule has 0 spiro atoms. The van der Waals surface area contributed by atoms with Crippen molar-refractivity contribution in [3.05, 3.63) is 0 Å². The SMILES string of the molecule is O=C(Cl)C[SH](=O)=O. The highest BCUT2D eigenvalue weighted by Crippen LogP contribution is 1.76. The van der Waals surface area contributed by atoms with Crippen molar-refractivity contribution in [2.75, 3.05) is 5.75 Å². The van der Waals surface area contributed by atoms with Crippen molar-refractivity contribution in [2.24, 2.45) is 0 Å². The molecule has 0 aromatic rings. The van der Waals surface area contributed by atoms with E-state index < -0.39 is 21.7 Å². The van der Waals surface area contributed by atoms with Crippen molar-refractivity contribution in [1.29, 1.82) is 0 Å². The fraction of sp³-hybridized carbons (Fsp3) is 0.500. The number of rotatable bonds is 2. The second kappa shape index (κ2) is 2.98. The molecule has 0 N–H and O–H groups in total. The van der Waals surface area contributed by atoms with Gasteiger partial charge in [0.1, 0.15) is 16.5 Å². The van der Waals surface area contributed by atoms with Crippen molar-refractivity contribution in [3.8, 4) is 0 Å². The van der Waals surface area contributed by atoms with Crippen LogP contribution in [-0.4, -0.2) is 19.4 Å². The summed E-state index contributed by atoms with van der Waals surface area (Å²) in [6, 6.07) is 0. The van der Waals surface area contributed by atoms with Gasteiger partial charge in [0.25, 0.3) is 0 Å². The highest BCUT2D eigenvalue weighted by Gasteiger charge is 1.93. The Morgan fingerprint density at radius 2 is 2.00 bits per heavy atom. The number of thiol groups is 1. The Hall–Kier alpha value is -0.0900. The van der Waals surface area contributed by atoms with Crippen molar-refractivity contribution >= 4 is 27.5 Å². The minimum absolute atomic E-state index is 0.559. The first-order valence-electron chi connectivity index (χ1n) is 1.43. The lowest BCUT2D eigenvalue weighted by atomic mass is 10.9. The molecule has 0 bridgehead atoms. The molecule has 0 unspecified atom stereocenters. The molecular formula is C2H3ClO3S. The number of carbonyl (C=O) groups excluding carboxylic acids is 1. The quantitative estimate of drug-likeness (QED) is 0.412. The maximum absolute atomic E-state index is 9.64. The maximum Gasteiger partial charge on any atom is 0.236 e. The van der Waals surface area contributed by atoms with Crippen LogP contribution in [0.15, 0.2) is 0 Å². The van der Waals surface area contributed by atoms with Crippen LogP contribution in [0.1, 0.15) is 0 Å². The van der Waals surface area contributed by atoms with Crippen LogP contribution in [0.3, 0.4) is 0 Å². The normalized spacial score (nSPS) is 9.43. The molecule has 42 valence electrons. The molecule has 0 saturated heterocycles. The second-order valence-electron chi connectivity index (χ2n) is 0.846. The third-order valence-electron chi connectivity index (χ3n) is 0.253. The predicted molar refractivity (Wildman–Crippen MR) is 26.0 cm³/mol. The van der Waals surface area contributed by atoms with Crippen LogP contribution in [0.4, 0.5) is 0 Å². The summed E-state index contributed by atoms with van der Waals surface area (Å²) >= 11 is 4.65. The summed E-state index contributed by atoms with van der Waals surface area (Å²) in [5.41, 5.74) is 0. The topological polar surface area (TPSA) is 51.2 Å². The number of carbonyl (C=O) groups is 1. The smallest absolute Gasteiger partial charge is 0.236 e. The van der Waals surface area contributed by atoms with Crippen molar-refractivity contribution < 1.29 is 13.2 Å². The molecule has 0 heterocycles. The average Bonchev–Trinajstić information content (AvgIpc) is 1.27. The van der Waals surface area contributed by atoms with E-state index in [1.807, 2.05) is 0 Å². The van der Waals surface area contributed by atoms with Gasteiger partial charge in [0, 0.05) is 0 Å². The largest absolute Gasteiger partial charge is 0.280 e. The van der Waals surface area contributed by atoms with Gasteiger partial charge in [-0.25, -0.2) is 8.42 Å². The highest BCUT2D eigenvalue weighted by molar-refractivity contribution is 7.73. The average molecular weight is 143 g/mol. The number of halogens is 1. The Kier molecular flexibility index (Phi) is 2.95. The van der Waals surface area contributed by atoms with Gasteiger partial charge in [0.05, 0.1) is 0 Å². The van der Waals surface area contributed by atoms with Gasteiger partial charge in [0.2, 0.25) is 5.24 Å². The number of hydrogen-bond acceptors (Lipinski definition) is 3. The molecule has 3 nitrogen and oxygen atoms in total. The summed E-state index contributed by atoms with van der Waals surface area (Å²) in [4.78, 5) is 9.64. The van der Waals surface area contributed by atoms with Crippen LogP contribution < -0.4 is 0 Å². The molecule has 0 radical (unpaired) electrons. The van der Waals surface area contributed by atoms with Crippen LogP contribution in [0.2, 0.25) is 0 Å². The van der Waals surface area contributed by atoms with E-state index in [1.165, 1.54) is 0 Å². The summed E-state index contributed by atoms with van der Waals surface area (Å²) in [6.07, 6.45) is 0. The molecule has 7 heavy (non-hydrogen) atoms. The summed E-state index contributed by atoms with van der Waals surface area (Å²) in [6.45, 7) is 0. The lowest BCUT2D eigenvalue weighted by Crippen LogP contribution is -1.95. The first kappa shape index (κ1) is 6.91. The van der Waals surface area contributed by atoms with E-state index in [2.05, 4.69) is 11.6 Å². The molecule has 0 fully saturated rings. The fourth-order valence-electron chi connectivity index (χ4n) is 0.101. The van der Waals surface area contributed by atoms with Gasteiger partial charge in [0.15, 0.2) is 0 Å². The fourth-order valence-corrected chi connectivity index (χ4v) is 0.597. The molecule has 0 aliphatic rings. The van der Waals surface area contributed by atoms with Gasteiger partial charge in [-0.2, -0.15) is 0 Å². The minimum atomic E-state index is -2.62. The molecule has 0 rings (SSSR count). The van der Waals surface area contributed by atoms with Crippen LogP contribution >= 0.6 is 11.6 Å². The Labute approximate surface area is 47.2 Å². The Morgan fingerprint density at radius 1 is 1.57 bits per heavy atom. The third-order valence-corrected chi connectivity index (χ3v) is 1.12. The zero-order valence-corrected chi connectivity index (χ0v) is 4.91. The van der Waals surface area contributed by atoms with Crippen LogP contribution in [0.5, 0.6) is 0 Å². The molecule has 0 aliphatic carbocycles. The Balaban J connectivity index is 3.53. The van der Waals surface area contributed by atoms with Gasteiger partial charge in [-0.15, -0.1) is 0 Å². The predicted octanol–water partition coefficient (Wildman–Crippen LogP) is -0.637. The van der Waals surface area contributed by atoms with Crippen molar-refractivity contribution in [3.63, 3.8) is 0 Å². The second-order valence-corrected chi connectivity index (χ2v) is 2.25. The van der Waals surface area contributed by atoms with Gasteiger partial charge in [-0.05, 0) is 11.6 Å². The molecule has 0 atom stereocenters. The van der Waals surface area contributed by atoms with E-state index >= 15 is 0 Å². The molecule has 0 aliphatic heterocycles. The van der Waals surface area contributed by atoms with Gasteiger partial charge >= 0.3 is 0 Å². The minimum Gasteiger partial charge on any atom is -0.280 e. The molecule has 0 aromatic carbocycles. The molecule has 5 heteroatoms. The summed E-state index contributed by atoms with van der Waals surface area (Å²) < 4.78 is 19.1. The van der Waals surface area contributed by atoms with Crippen molar-refractivity contribution in [2.45, 2.75) is 0 Å². The molecule has 0 saturated carbocycles. The third kappa shape index (κ3) is 5.91. The monoisotopic (exact) mass is 142 g/mol. The van der Waals surface area contributed by atoms with E-state index in [4.69, 9.17) is 0 Å². The zero-order valence-electron chi connectivity index (χ0n) is 3.26. The van der Waals surface area contributed by atoms with Gasteiger partial charge in [-0.3, -0.25) is 4.79 Å². The summed E-state index contributed by atoms with van der Waals surface area (Å²) in [7, 11) is -2.62. The Bertz CT molecular complexity index is 130. The molecule has 0 aromatic heterocycles. The maximum atomic E-state index is 9.64. The van der Waals surface area contributed by atoms with Crippen LogP contribution in [0.25, 0.3) is 0 Å². The van der Waals surface area contributed by atoms with Crippen LogP contribution in [-0.2, 0) is 15.5 Å². The first-order chi connectivity index (χ1) is 3.13. The highest BCUT2D eigenvalue weighted by atomic mass is 35.5. The van der Waals surface area contributed by atoms with E-state index in [-0.39, 0.29) is 0 Å².